The Hall–Kier alpha value is -4.09. The lowest BCUT2D eigenvalue weighted by Crippen LogP contribution is -2.40. The fourth-order valence-electron chi connectivity index (χ4n) is 5.69. The SMILES string of the molecule is O=C1OC2(CCN(C(=O)C3(c4ccc(OCc5cc(C(F)(F)F)cc(C(F)(F)F)c5)cc4)CC3)C2)c2ccncc21. The highest BCUT2D eigenvalue weighted by Crippen LogP contribution is 2.52. The standard InChI is InChI=1S/C29H22F6N2O4/c30-28(31,32)19-11-17(12-20(13-19)29(33,34)35)15-40-21-3-1-18(2-4-21)26(6-7-26)25(39)37-10-8-27(16-37)23-5-9-36-14-22(23)24(38)41-27/h1-5,9,11-14H,6-8,10,15-16H2. The van der Waals surface area contributed by atoms with Crippen LogP contribution >= 0.6 is 0 Å². The molecule has 0 bridgehead atoms. The minimum absolute atomic E-state index is 0.0687. The van der Waals surface area contributed by atoms with Gasteiger partial charge in [0.05, 0.1) is 28.7 Å². The Labute approximate surface area is 229 Å². The van der Waals surface area contributed by atoms with E-state index in [4.69, 9.17) is 9.47 Å². The van der Waals surface area contributed by atoms with E-state index in [-0.39, 0.29) is 29.8 Å². The molecule has 2 aromatic carbocycles. The summed E-state index contributed by atoms with van der Waals surface area (Å²) < 4.78 is 90.1. The number of halogens is 6. The Morgan fingerprint density at radius 3 is 2.22 bits per heavy atom. The number of benzene rings is 2. The second-order valence-corrected chi connectivity index (χ2v) is 10.6. The van der Waals surface area contributed by atoms with Crippen LogP contribution in [0.25, 0.3) is 0 Å². The summed E-state index contributed by atoms with van der Waals surface area (Å²) in [6.07, 6.45) is -5.15. The summed E-state index contributed by atoms with van der Waals surface area (Å²) >= 11 is 0. The van der Waals surface area contributed by atoms with Gasteiger partial charge in [0.2, 0.25) is 5.91 Å². The van der Waals surface area contributed by atoms with Gasteiger partial charge in [0, 0.05) is 30.9 Å². The number of carbonyl (C=O) groups excluding carboxylic acids is 2. The number of hydrogen-bond acceptors (Lipinski definition) is 5. The van der Waals surface area contributed by atoms with Gasteiger partial charge in [-0.15, -0.1) is 0 Å². The maximum atomic E-state index is 13.6. The number of esters is 1. The molecule has 1 saturated heterocycles. The lowest BCUT2D eigenvalue weighted by molar-refractivity contribution is -0.143. The monoisotopic (exact) mass is 576 g/mol. The maximum Gasteiger partial charge on any atom is 0.416 e. The van der Waals surface area contributed by atoms with Crippen molar-refractivity contribution in [1.82, 2.24) is 9.88 Å². The van der Waals surface area contributed by atoms with Crippen molar-refractivity contribution in [2.45, 2.75) is 49.2 Å². The van der Waals surface area contributed by atoms with E-state index in [1.165, 1.54) is 18.3 Å². The number of nitrogens with zero attached hydrogens (tertiary/aromatic N) is 2. The largest absolute Gasteiger partial charge is 0.489 e. The fourth-order valence-corrected chi connectivity index (χ4v) is 5.69. The van der Waals surface area contributed by atoms with Gasteiger partial charge in [-0.3, -0.25) is 9.78 Å². The van der Waals surface area contributed by atoms with Gasteiger partial charge in [0.1, 0.15) is 12.4 Å². The zero-order chi connectivity index (χ0) is 29.2. The van der Waals surface area contributed by atoms with Crippen LogP contribution in [0.3, 0.4) is 0 Å². The molecule has 12 heteroatoms. The minimum atomic E-state index is -4.95. The van der Waals surface area contributed by atoms with E-state index in [9.17, 15) is 35.9 Å². The molecule has 1 amide bonds. The van der Waals surface area contributed by atoms with Crippen LogP contribution in [0.5, 0.6) is 5.75 Å². The number of ether oxygens (including phenoxy) is 2. The molecule has 0 N–H and O–H groups in total. The number of hydrogen-bond donors (Lipinski definition) is 0. The zero-order valence-electron chi connectivity index (χ0n) is 21.3. The molecule has 41 heavy (non-hydrogen) atoms. The Morgan fingerprint density at radius 1 is 0.951 bits per heavy atom. The van der Waals surface area contributed by atoms with Gasteiger partial charge in [0.15, 0.2) is 5.60 Å². The smallest absolute Gasteiger partial charge is 0.416 e. The van der Waals surface area contributed by atoms with Gasteiger partial charge in [-0.05, 0) is 60.4 Å². The van der Waals surface area contributed by atoms with Crippen LogP contribution in [0.4, 0.5) is 26.3 Å². The highest BCUT2D eigenvalue weighted by molar-refractivity contribution is 5.95. The van der Waals surface area contributed by atoms with Crippen molar-refractivity contribution in [3.63, 3.8) is 0 Å². The fraction of sp³-hybridized carbons (Fsp3) is 0.345. The molecule has 1 aromatic heterocycles. The Balaban J connectivity index is 1.15. The van der Waals surface area contributed by atoms with Crippen molar-refractivity contribution >= 4 is 11.9 Å². The Bertz CT molecular complexity index is 1500. The van der Waals surface area contributed by atoms with Crippen LogP contribution in [0.2, 0.25) is 0 Å². The molecular formula is C29H22F6N2O4. The molecule has 1 saturated carbocycles. The second-order valence-electron chi connectivity index (χ2n) is 10.6. The first-order chi connectivity index (χ1) is 19.3. The molecular weight excluding hydrogens is 554 g/mol. The third-order valence-electron chi connectivity index (χ3n) is 7.96. The number of carbonyl (C=O) groups is 2. The van der Waals surface area contributed by atoms with Crippen LogP contribution in [0.1, 0.15) is 57.4 Å². The van der Waals surface area contributed by atoms with Crippen molar-refractivity contribution in [3.05, 3.63) is 94.3 Å². The van der Waals surface area contributed by atoms with E-state index in [1.54, 1.807) is 29.3 Å². The van der Waals surface area contributed by atoms with Gasteiger partial charge in [0.25, 0.3) is 0 Å². The number of pyridine rings is 1. The van der Waals surface area contributed by atoms with Gasteiger partial charge in [-0.25, -0.2) is 4.79 Å². The second kappa shape index (κ2) is 9.22. The molecule has 6 nitrogen and oxygen atoms in total. The summed E-state index contributed by atoms with van der Waals surface area (Å²) in [7, 11) is 0. The molecule has 2 aliphatic heterocycles. The molecule has 6 rings (SSSR count). The third kappa shape index (κ3) is 4.78. The van der Waals surface area contributed by atoms with Crippen LogP contribution in [-0.2, 0) is 39.5 Å². The molecule has 3 aromatic rings. The van der Waals surface area contributed by atoms with Gasteiger partial charge < -0.3 is 14.4 Å². The zero-order valence-corrected chi connectivity index (χ0v) is 21.3. The van der Waals surface area contributed by atoms with E-state index in [2.05, 4.69) is 4.98 Å². The van der Waals surface area contributed by atoms with Crippen molar-refractivity contribution < 1.29 is 45.4 Å². The molecule has 3 aliphatic rings. The number of alkyl halides is 6. The van der Waals surface area contributed by atoms with E-state index >= 15 is 0 Å². The molecule has 1 unspecified atom stereocenters. The first kappa shape index (κ1) is 27.1. The van der Waals surface area contributed by atoms with E-state index in [0.717, 1.165) is 11.1 Å². The molecule has 2 fully saturated rings. The molecule has 1 atom stereocenters. The number of rotatable bonds is 5. The maximum absolute atomic E-state index is 13.6. The van der Waals surface area contributed by atoms with Crippen LogP contribution in [-0.4, -0.2) is 34.8 Å². The summed E-state index contributed by atoms with van der Waals surface area (Å²) in [6.45, 7) is 0.129. The van der Waals surface area contributed by atoms with E-state index < -0.39 is 47.1 Å². The highest BCUT2D eigenvalue weighted by atomic mass is 19.4. The lowest BCUT2D eigenvalue weighted by atomic mass is 9.92. The number of amides is 1. The van der Waals surface area contributed by atoms with Crippen LogP contribution in [0.15, 0.2) is 60.9 Å². The first-order valence-corrected chi connectivity index (χ1v) is 12.8. The van der Waals surface area contributed by atoms with Crippen LogP contribution < -0.4 is 4.74 Å². The van der Waals surface area contributed by atoms with Crippen molar-refractivity contribution in [2.75, 3.05) is 13.1 Å². The summed E-state index contributed by atoms with van der Waals surface area (Å²) in [5, 5.41) is 0. The average molecular weight is 576 g/mol. The summed E-state index contributed by atoms with van der Waals surface area (Å²) in [4.78, 5) is 31.7. The Kier molecular flexibility index (Phi) is 6.09. The van der Waals surface area contributed by atoms with Crippen molar-refractivity contribution in [3.8, 4) is 5.75 Å². The van der Waals surface area contributed by atoms with Crippen molar-refractivity contribution in [2.24, 2.45) is 0 Å². The molecule has 1 spiro atoms. The number of likely N-dealkylation sites (tertiary alicyclic amines) is 1. The van der Waals surface area contributed by atoms with E-state index in [0.29, 0.717) is 43.5 Å². The van der Waals surface area contributed by atoms with Gasteiger partial charge in [-0.2, -0.15) is 26.3 Å². The summed E-state index contributed by atoms with van der Waals surface area (Å²) in [5.41, 5.74) is -2.90. The normalized spacial score (nSPS) is 21.1. The molecule has 3 heterocycles. The number of aromatic nitrogens is 1. The quantitative estimate of drug-likeness (QED) is 0.274. The van der Waals surface area contributed by atoms with E-state index in [1.807, 2.05) is 0 Å². The Morgan fingerprint density at radius 2 is 1.61 bits per heavy atom. The topological polar surface area (TPSA) is 68.7 Å². The highest BCUT2D eigenvalue weighted by Gasteiger charge is 2.57. The average Bonchev–Trinajstić information content (AvgIpc) is 3.56. The van der Waals surface area contributed by atoms with Gasteiger partial charge in [-0.1, -0.05) is 12.1 Å². The third-order valence-corrected chi connectivity index (χ3v) is 7.96. The molecule has 0 radical (unpaired) electrons. The number of fused-ring (bicyclic) bond motifs is 2. The summed E-state index contributed by atoms with van der Waals surface area (Å²) in [6, 6.07) is 9.48. The predicted molar refractivity (Wildman–Crippen MR) is 131 cm³/mol. The molecule has 214 valence electrons. The molecule has 1 aliphatic carbocycles. The van der Waals surface area contributed by atoms with Gasteiger partial charge >= 0.3 is 18.3 Å². The first-order valence-electron chi connectivity index (χ1n) is 12.8. The van der Waals surface area contributed by atoms with Crippen molar-refractivity contribution in [1.29, 1.82) is 0 Å². The predicted octanol–water partition coefficient (Wildman–Crippen LogP) is 6.03. The van der Waals surface area contributed by atoms with Crippen LogP contribution in [0, 0.1) is 0 Å². The summed E-state index contributed by atoms with van der Waals surface area (Å²) in [5.74, 6) is -0.324. The lowest BCUT2D eigenvalue weighted by Gasteiger charge is -2.27. The minimum Gasteiger partial charge on any atom is -0.489 e.